The zero-order chi connectivity index (χ0) is 12.3. The van der Waals surface area contributed by atoms with Crippen molar-refractivity contribution in [3.63, 3.8) is 0 Å². The van der Waals surface area contributed by atoms with Crippen LogP contribution < -0.4 is 10.6 Å². The maximum atomic E-state index is 12.1. The van der Waals surface area contributed by atoms with E-state index in [2.05, 4.69) is 13.0 Å². The van der Waals surface area contributed by atoms with E-state index in [4.69, 9.17) is 5.73 Å². The number of benzene rings is 1. The van der Waals surface area contributed by atoms with E-state index >= 15 is 0 Å². The van der Waals surface area contributed by atoms with Crippen LogP contribution in [0.25, 0.3) is 0 Å². The van der Waals surface area contributed by atoms with Crippen molar-refractivity contribution in [2.24, 2.45) is 5.73 Å². The molecule has 1 aliphatic heterocycles. The molecule has 1 heterocycles. The summed E-state index contributed by atoms with van der Waals surface area (Å²) < 4.78 is 0. The summed E-state index contributed by atoms with van der Waals surface area (Å²) in [7, 11) is 0. The summed E-state index contributed by atoms with van der Waals surface area (Å²) in [5.41, 5.74) is 8.30. The lowest BCUT2D eigenvalue weighted by Crippen LogP contribution is -2.40. The van der Waals surface area contributed by atoms with Gasteiger partial charge in [0, 0.05) is 24.7 Å². The van der Waals surface area contributed by atoms with Crippen molar-refractivity contribution in [1.82, 2.24) is 0 Å². The summed E-state index contributed by atoms with van der Waals surface area (Å²) in [6.45, 7) is 2.69. The van der Waals surface area contributed by atoms with Crippen LogP contribution in [-0.2, 0) is 11.2 Å². The molecule has 1 aromatic carbocycles. The van der Waals surface area contributed by atoms with Crippen molar-refractivity contribution in [3.8, 4) is 0 Å². The minimum Gasteiger partial charge on any atom is -0.326 e. The highest BCUT2D eigenvalue weighted by Crippen LogP contribution is 2.26. The fourth-order valence-electron chi connectivity index (χ4n) is 2.25. The molecular weight excluding hydrogens is 212 g/mol. The van der Waals surface area contributed by atoms with Gasteiger partial charge in [-0.1, -0.05) is 25.1 Å². The zero-order valence-electron chi connectivity index (χ0n) is 10.4. The lowest BCUT2D eigenvalue weighted by molar-refractivity contribution is -0.118. The van der Waals surface area contributed by atoms with Crippen LogP contribution in [-0.4, -0.2) is 18.5 Å². The van der Waals surface area contributed by atoms with Crippen molar-refractivity contribution < 1.29 is 4.79 Å². The number of carbonyl (C=O) groups excluding carboxylic acids is 1. The molecule has 3 heteroatoms. The number of aryl methyl sites for hydroxylation is 1. The third-order valence-corrected chi connectivity index (χ3v) is 3.36. The van der Waals surface area contributed by atoms with Gasteiger partial charge >= 0.3 is 0 Å². The molecule has 2 rings (SSSR count). The van der Waals surface area contributed by atoms with E-state index in [1.165, 1.54) is 5.56 Å². The smallest absolute Gasteiger partial charge is 0.227 e. The molecule has 1 aliphatic rings. The first-order chi connectivity index (χ1) is 8.22. The van der Waals surface area contributed by atoms with Gasteiger partial charge in [-0.3, -0.25) is 4.79 Å². The van der Waals surface area contributed by atoms with E-state index in [1.807, 2.05) is 23.1 Å². The number of rotatable bonds is 3. The summed E-state index contributed by atoms with van der Waals surface area (Å²) in [5, 5.41) is 0. The minimum absolute atomic E-state index is 0.0603. The lowest BCUT2D eigenvalue weighted by atomic mass is 10.1. The molecule has 0 aliphatic carbocycles. The molecule has 1 atom stereocenters. The summed E-state index contributed by atoms with van der Waals surface area (Å²) in [6, 6.07) is 8.22. The molecule has 1 amide bonds. The molecule has 0 bridgehead atoms. The molecule has 3 nitrogen and oxygen atoms in total. The van der Waals surface area contributed by atoms with Crippen LogP contribution in [0.4, 0.5) is 5.69 Å². The highest BCUT2D eigenvalue weighted by molar-refractivity contribution is 5.94. The van der Waals surface area contributed by atoms with Gasteiger partial charge in [0.2, 0.25) is 5.91 Å². The normalized spacial score (nSPS) is 17.5. The Hall–Kier alpha value is -1.35. The molecule has 1 aromatic rings. The summed E-state index contributed by atoms with van der Waals surface area (Å²) >= 11 is 0. The first-order valence-electron chi connectivity index (χ1n) is 6.36. The molecule has 0 saturated heterocycles. The number of nitrogens with two attached hydrogens (primary N) is 1. The Balaban J connectivity index is 2.30. The van der Waals surface area contributed by atoms with Gasteiger partial charge in [0.05, 0.1) is 0 Å². The van der Waals surface area contributed by atoms with Crippen LogP contribution in [0.3, 0.4) is 0 Å². The standard InChI is InChI=1S/C14H20N2O/c1-2-12(15)10-16-13-8-4-3-6-11(13)7-5-9-14(16)17/h3-4,6,8,12H,2,5,7,9-10,15H2,1H3. The van der Waals surface area contributed by atoms with Gasteiger partial charge < -0.3 is 10.6 Å². The molecule has 1 unspecified atom stereocenters. The number of anilines is 1. The van der Waals surface area contributed by atoms with E-state index in [9.17, 15) is 4.79 Å². The number of hydrogen-bond acceptors (Lipinski definition) is 2. The third kappa shape index (κ3) is 2.67. The van der Waals surface area contributed by atoms with Gasteiger partial charge in [0.15, 0.2) is 0 Å². The fraction of sp³-hybridized carbons (Fsp3) is 0.500. The van der Waals surface area contributed by atoms with E-state index in [1.54, 1.807) is 0 Å². The van der Waals surface area contributed by atoms with Crippen molar-refractivity contribution in [1.29, 1.82) is 0 Å². The molecule has 17 heavy (non-hydrogen) atoms. The Morgan fingerprint density at radius 3 is 2.88 bits per heavy atom. The minimum atomic E-state index is 0.0603. The Morgan fingerprint density at radius 1 is 1.35 bits per heavy atom. The molecular formula is C14H20N2O. The number of fused-ring (bicyclic) bond motifs is 1. The predicted molar refractivity (Wildman–Crippen MR) is 70.0 cm³/mol. The van der Waals surface area contributed by atoms with Gasteiger partial charge in [0.25, 0.3) is 0 Å². The van der Waals surface area contributed by atoms with Crippen molar-refractivity contribution in [3.05, 3.63) is 29.8 Å². The molecule has 92 valence electrons. The van der Waals surface area contributed by atoms with E-state index in [0.717, 1.165) is 24.9 Å². The monoisotopic (exact) mass is 232 g/mol. The number of para-hydroxylation sites is 1. The van der Waals surface area contributed by atoms with Crippen LogP contribution >= 0.6 is 0 Å². The predicted octanol–water partition coefficient (Wildman–Crippen LogP) is 2.09. The Labute approximate surface area is 103 Å². The first-order valence-corrected chi connectivity index (χ1v) is 6.36. The van der Waals surface area contributed by atoms with Gasteiger partial charge in [-0.25, -0.2) is 0 Å². The van der Waals surface area contributed by atoms with Gasteiger partial charge in [0.1, 0.15) is 0 Å². The lowest BCUT2D eigenvalue weighted by Gasteiger charge is -2.25. The summed E-state index contributed by atoms with van der Waals surface area (Å²) in [4.78, 5) is 14.0. The topological polar surface area (TPSA) is 46.3 Å². The summed E-state index contributed by atoms with van der Waals surface area (Å²) in [6.07, 6.45) is 3.45. The van der Waals surface area contributed by atoms with Crippen molar-refractivity contribution >= 4 is 11.6 Å². The van der Waals surface area contributed by atoms with Crippen LogP contribution in [0.5, 0.6) is 0 Å². The Kier molecular flexibility index (Phi) is 3.79. The number of carbonyl (C=O) groups is 1. The van der Waals surface area contributed by atoms with Crippen LogP contribution in [0.2, 0.25) is 0 Å². The molecule has 0 aromatic heterocycles. The number of hydrogen-bond donors (Lipinski definition) is 1. The molecule has 0 fully saturated rings. The van der Waals surface area contributed by atoms with E-state index in [-0.39, 0.29) is 11.9 Å². The highest BCUT2D eigenvalue weighted by atomic mass is 16.2. The number of nitrogens with zero attached hydrogens (tertiary/aromatic N) is 1. The molecule has 0 radical (unpaired) electrons. The van der Waals surface area contributed by atoms with Gasteiger partial charge in [-0.05, 0) is 30.9 Å². The van der Waals surface area contributed by atoms with Gasteiger partial charge in [-0.2, -0.15) is 0 Å². The second-order valence-corrected chi connectivity index (χ2v) is 4.65. The van der Waals surface area contributed by atoms with Gasteiger partial charge in [-0.15, -0.1) is 0 Å². The Morgan fingerprint density at radius 2 is 2.12 bits per heavy atom. The van der Waals surface area contributed by atoms with Crippen molar-refractivity contribution in [2.45, 2.75) is 38.6 Å². The molecule has 2 N–H and O–H groups in total. The van der Waals surface area contributed by atoms with Crippen LogP contribution in [0.1, 0.15) is 31.7 Å². The highest BCUT2D eigenvalue weighted by Gasteiger charge is 2.22. The van der Waals surface area contributed by atoms with Crippen LogP contribution in [0.15, 0.2) is 24.3 Å². The quantitative estimate of drug-likeness (QED) is 0.867. The SMILES string of the molecule is CCC(N)CN1C(=O)CCCc2ccccc21. The molecule has 0 saturated carbocycles. The Bertz CT molecular complexity index is 403. The van der Waals surface area contributed by atoms with Crippen molar-refractivity contribution in [2.75, 3.05) is 11.4 Å². The largest absolute Gasteiger partial charge is 0.326 e. The first kappa shape index (κ1) is 12.1. The fourth-order valence-corrected chi connectivity index (χ4v) is 2.25. The summed E-state index contributed by atoms with van der Waals surface area (Å²) in [5.74, 6) is 0.207. The maximum Gasteiger partial charge on any atom is 0.227 e. The van der Waals surface area contributed by atoms with Crippen LogP contribution in [0, 0.1) is 0 Å². The maximum absolute atomic E-state index is 12.1. The van der Waals surface area contributed by atoms with E-state index < -0.39 is 0 Å². The average Bonchev–Trinajstić information content (AvgIpc) is 2.50. The number of amides is 1. The zero-order valence-corrected chi connectivity index (χ0v) is 10.4. The third-order valence-electron chi connectivity index (χ3n) is 3.36. The second-order valence-electron chi connectivity index (χ2n) is 4.65. The second kappa shape index (κ2) is 5.32. The average molecular weight is 232 g/mol. The van der Waals surface area contributed by atoms with E-state index in [0.29, 0.717) is 13.0 Å². The molecule has 0 spiro atoms.